The summed E-state index contributed by atoms with van der Waals surface area (Å²) in [5, 5.41) is 14.3. The van der Waals surface area contributed by atoms with Crippen LogP contribution < -0.4 is 5.32 Å². The Labute approximate surface area is 129 Å². The van der Waals surface area contributed by atoms with Gasteiger partial charge in [0.05, 0.1) is 31.9 Å². The molecular formula is C15H24N2O3S. The molecule has 1 aromatic rings. The maximum absolute atomic E-state index is 12.4. The number of amides is 2. The van der Waals surface area contributed by atoms with Crippen LogP contribution in [0.25, 0.3) is 0 Å². The lowest BCUT2D eigenvalue weighted by Gasteiger charge is -2.33. The van der Waals surface area contributed by atoms with Crippen molar-refractivity contribution in [2.45, 2.75) is 32.4 Å². The van der Waals surface area contributed by atoms with E-state index in [0.717, 1.165) is 6.42 Å². The van der Waals surface area contributed by atoms with Crippen molar-refractivity contribution in [3.05, 3.63) is 22.4 Å². The molecule has 1 fully saturated rings. The van der Waals surface area contributed by atoms with Crippen molar-refractivity contribution in [2.75, 3.05) is 26.3 Å². The van der Waals surface area contributed by atoms with Gasteiger partial charge in [-0.15, -0.1) is 11.3 Å². The first-order valence-corrected chi connectivity index (χ1v) is 8.29. The van der Waals surface area contributed by atoms with E-state index in [1.165, 1.54) is 4.88 Å². The van der Waals surface area contributed by atoms with Crippen LogP contribution in [-0.4, -0.2) is 48.4 Å². The molecule has 0 aliphatic carbocycles. The number of aliphatic hydroxyl groups excluding tert-OH is 1. The van der Waals surface area contributed by atoms with Gasteiger partial charge in [-0.25, -0.2) is 4.79 Å². The SMILES string of the molecule is CC(C)C[C@H](NC(=O)N1CCO[C@H](CO)C1)c1cccs1. The number of thiophene rings is 1. The summed E-state index contributed by atoms with van der Waals surface area (Å²) in [5.74, 6) is 0.507. The lowest BCUT2D eigenvalue weighted by Crippen LogP contribution is -2.51. The normalized spacial score (nSPS) is 20.6. The summed E-state index contributed by atoms with van der Waals surface area (Å²) < 4.78 is 5.38. The van der Waals surface area contributed by atoms with E-state index in [2.05, 4.69) is 25.2 Å². The Morgan fingerprint density at radius 3 is 3.05 bits per heavy atom. The Kier molecular flexibility index (Phi) is 6.02. The number of aliphatic hydroxyl groups is 1. The number of ether oxygens (including phenoxy) is 1. The van der Waals surface area contributed by atoms with E-state index in [1.54, 1.807) is 16.2 Å². The van der Waals surface area contributed by atoms with Gasteiger partial charge in [-0.2, -0.15) is 0 Å². The Balaban J connectivity index is 1.97. The van der Waals surface area contributed by atoms with Gasteiger partial charge in [0.1, 0.15) is 0 Å². The van der Waals surface area contributed by atoms with E-state index in [9.17, 15) is 4.79 Å². The fraction of sp³-hybridized carbons (Fsp3) is 0.667. The van der Waals surface area contributed by atoms with Crippen molar-refractivity contribution >= 4 is 17.4 Å². The second-order valence-corrected chi connectivity index (χ2v) is 6.75. The third-order valence-corrected chi connectivity index (χ3v) is 4.51. The number of hydrogen-bond acceptors (Lipinski definition) is 4. The highest BCUT2D eigenvalue weighted by Gasteiger charge is 2.26. The third kappa shape index (κ3) is 4.69. The van der Waals surface area contributed by atoms with Gasteiger partial charge < -0.3 is 20.1 Å². The van der Waals surface area contributed by atoms with Crippen LogP contribution in [-0.2, 0) is 4.74 Å². The molecular weight excluding hydrogens is 288 g/mol. The highest BCUT2D eigenvalue weighted by atomic mass is 32.1. The lowest BCUT2D eigenvalue weighted by molar-refractivity contribution is -0.0405. The van der Waals surface area contributed by atoms with Crippen LogP contribution in [0.1, 0.15) is 31.2 Å². The summed E-state index contributed by atoms with van der Waals surface area (Å²) in [6.45, 7) is 5.76. The third-order valence-electron chi connectivity index (χ3n) is 3.52. The number of urea groups is 1. The first kappa shape index (κ1) is 16.3. The summed E-state index contributed by atoms with van der Waals surface area (Å²) in [6.07, 6.45) is 0.648. The predicted octanol–water partition coefficient (Wildman–Crippen LogP) is 2.24. The van der Waals surface area contributed by atoms with E-state index >= 15 is 0 Å². The van der Waals surface area contributed by atoms with Crippen LogP contribution in [0.15, 0.2) is 17.5 Å². The maximum Gasteiger partial charge on any atom is 0.318 e. The van der Waals surface area contributed by atoms with Crippen molar-refractivity contribution in [3.63, 3.8) is 0 Å². The van der Waals surface area contributed by atoms with Gasteiger partial charge in [-0.1, -0.05) is 19.9 Å². The molecule has 2 amide bonds. The highest BCUT2D eigenvalue weighted by molar-refractivity contribution is 7.10. The van der Waals surface area contributed by atoms with Crippen LogP contribution in [0.3, 0.4) is 0 Å². The molecule has 1 saturated heterocycles. The summed E-state index contributed by atoms with van der Waals surface area (Å²) in [4.78, 5) is 15.3. The van der Waals surface area contributed by atoms with E-state index in [-0.39, 0.29) is 24.8 Å². The van der Waals surface area contributed by atoms with Gasteiger partial charge in [-0.05, 0) is 23.8 Å². The molecule has 0 radical (unpaired) electrons. The molecule has 2 heterocycles. The number of rotatable bonds is 5. The first-order valence-electron chi connectivity index (χ1n) is 7.41. The second kappa shape index (κ2) is 7.77. The number of morpholine rings is 1. The van der Waals surface area contributed by atoms with Crippen molar-refractivity contribution in [1.29, 1.82) is 0 Å². The monoisotopic (exact) mass is 312 g/mol. The largest absolute Gasteiger partial charge is 0.394 e. The summed E-state index contributed by atoms with van der Waals surface area (Å²) in [6, 6.07) is 4.05. The molecule has 1 aromatic heterocycles. The van der Waals surface area contributed by atoms with Crippen molar-refractivity contribution in [3.8, 4) is 0 Å². The number of hydrogen-bond donors (Lipinski definition) is 2. The van der Waals surface area contributed by atoms with Gasteiger partial charge in [-0.3, -0.25) is 0 Å². The standard InChI is InChI=1S/C15H24N2O3S/c1-11(2)8-13(14-4-3-7-21-14)16-15(19)17-5-6-20-12(9-17)10-18/h3-4,7,11-13,18H,5-6,8-10H2,1-2H3,(H,16,19)/t12-,13-/m0/s1. The van der Waals surface area contributed by atoms with E-state index in [0.29, 0.717) is 25.6 Å². The van der Waals surface area contributed by atoms with Crippen LogP contribution in [0.2, 0.25) is 0 Å². The van der Waals surface area contributed by atoms with E-state index < -0.39 is 0 Å². The van der Waals surface area contributed by atoms with Crippen LogP contribution >= 0.6 is 11.3 Å². The van der Waals surface area contributed by atoms with Crippen LogP contribution in [0, 0.1) is 5.92 Å². The average molecular weight is 312 g/mol. The molecule has 0 unspecified atom stereocenters. The first-order chi connectivity index (χ1) is 10.1. The quantitative estimate of drug-likeness (QED) is 0.876. The molecule has 1 aliphatic rings. The van der Waals surface area contributed by atoms with Crippen LogP contribution in [0.4, 0.5) is 4.79 Å². The molecule has 0 spiro atoms. The Hall–Kier alpha value is -1.11. The summed E-state index contributed by atoms with van der Waals surface area (Å²) in [7, 11) is 0. The lowest BCUT2D eigenvalue weighted by atomic mass is 10.0. The molecule has 21 heavy (non-hydrogen) atoms. The smallest absolute Gasteiger partial charge is 0.318 e. The average Bonchev–Trinajstić information content (AvgIpc) is 3.00. The summed E-state index contributed by atoms with van der Waals surface area (Å²) >= 11 is 1.67. The molecule has 118 valence electrons. The zero-order valence-corrected chi connectivity index (χ0v) is 13.4. The molecule has 1 aliphatic heterocycles. The predicted molar refractivity (Wildman–Crippen MR) is 83.4 cm³/mol. The van der Waals surface area contributed by atoms with Crippen molar-refractivity contribution in [1.82, 2.24) is 10.2 Å². The molecule has 2 N–H and O–H groups in total. The highest BCUT2D eigenvalue weighted by Crippen LogP contribution is 2.25. The topological polar surface area (TPSA) is 61.8 Å². The Morgan fingerprint density at radius 2 is 2.43 bits per heavy atom. The second-order valence-electron chi connectivity index (χ2n) is 5.77. The summed E-state index contributed by atoms with van der Waals surface area (Å²) in [5.41, 5.74) is 0. The maximum atomic E-state index is 12.4. The Bertz CT molecular complexity index is 436. The van der Waals surface area contributed by atoms with Gasteiger partial charge >= 0.3 is 6.03 Å². The van der Waals surface area contributed by atoms with Crippen molar-refractivity contribution < 1.29 is 14.6 Å². The number of carbonyl (C=O) groups excluding carboxylic acids is 1. The van der Waals surface area contributed by atoms with Crippen molar-refractivity contribution in [2.24, 2.45) is 5.92 Å². The molecule has 0 aromatic carbocycles. The molecule has 0 saturated carbocycles. The minimum Gasteiger partial charge on any atom is -0.394 e. The van der Waals surface area contributed by atoms with Gasteiger partial charge in [0, 0.05) is 11.4 Å². The van der Waals surface area contributed by atoms with Gasteiger partial charge in [0.15, 0.2) is 0 Å². The minimum absolute atomic E-state index is 0.0490. The molecule has 2 atom stereocenters. The zero-order valence-electron chi connectivity index (χ0n) is 12.6. The fourth-order valence-corrected chi connectivity index (χ4v) is 3.25. The Morgan fingerprint density at radius 1 is 1.62 bits per heavy atom. The van der Waals surface area contributed by atoms with Gasteiger partial charge in [0.2, 0.25) is 0 Å². The molecule has 0 bridgehead atoms. The fourth-order valence-electron chi connectivity index (χ4n) is 2.46. The molecule has 2 rings (SSSR count). The number of nitrogens with zero attached hydrogens (tertiary/aromatic N) is 1. The van der Waals surface area contributed by atoms with E-state index in [1.807, 2.05) is 11.4 Å². The number of carbonyl (C=O) groups is 1. The minimum atomic E-state index is -0.269. The molecule has 6 heteroatoms. The zero-order chi connectivity index (χ0) is 15.2. The van der Waals surface area contributed by atoms with Gasteiger partial charge in [0.25, 0.3) is 0 Å². The van der Waals surface area contributed by atoms with Crippen LogP contribution in [0.5, 0.6) is 0 Å². The number of nitrogens with one attached hydrogen (secondary N) is 1. The van der Waals surface area contributed by atoms with E-state index in [4.69, 9.17) is 9.84 Å². The molecule has 5 nitrogen and oxygen atoms in total.